The Hall–Kier alpha value is -1.62. The Morgan fingerprint density at radius 1 is 1.32 bits per heavy atom. The number of carbonyl (C=O) groups is 1. The summed E-state index contributed by atoms with van der Waals surface area (Å²) >= 11 is 0. The average molecular weight is 261 g/mol. The molecule has 1 aromatic rings. The van der Waals surface area contributed by atoms with Crippen LogP contribution in [-0.2, 0) is 0 Å². The molecule has 1 saturated carbocycles. The molecule has 1 aliphatic carbocycles. The lowest BCUT2D eigenvalue weighted by Crippen LogP contribution is -2.47. The number of hydrogen-bond donors (Lipinski definition) is 1. The van der Waals surface area contributed by atoms with Gasteiger partial charge >= 0.3 is 5.97 Å². The van der Waals surface area contributed by atoms with Gasteiger partial charge in [0.1, 0.15) is 0 Å². The van der Waals surface area contributed by atoms with Crippen LogP contribution < -0.4 is 4.90 Å². The summed E-state index contributed by atoms with van der Waals surface area (Å²) in [5, 5.41) is 9.21. The van der Waals surface area contributed by atoms with Gasteiger partial charge in [-0.05, 0) is 24.8 Å². The van der Waals surface area contributed by atoms with Gasteiger partial charge < -0.3 is 10.0 Å². The predicted molar refractivity (Wildman–Crippen MR) is 72.6 cm³/mol. The third-order valence-corrected chi connectivity index (χ3v) is 3.96. The summed E-state index contributed by atoms with van der Waals surface area (Å²) in [6.45, 7) is 5.03. The number of pyridine rings is 1. The molecule has 0 radical (unpaired) electrons. The van der Waals surface area contributed by atoms with E-state index in [2.05, 4.69) is 14.8 Å². The van der Waals surface area contributed by atoms with Crippen LogP contribution in [-0.4, -0.2) is 53.7 Å². The van der Waals surface area contributed by atoms with Crippen molar-refractivity contribution in [3.63, 3.8) is 0 Å². The number of rotatable bonds is 4. The van der Waals surface area contributed by atoms with Crippen molar-refractivity contribution in [3.05, 3.63) is 24.0 Å². The number of carboxylic acid groups (broad SMARTS) is 1. The summed E-state index contributed by atoms with van der Waals surface area (Å²) in [5.41, 5.74) is 1.10. The standard InChI is InChI=1S/C14H19N3O2/c18-14(19)12-3-4-15-9-13(12)17-7-5-16(6-8-17)10-11-1-2-11/h3-4,9,11H,1-2,5-8,10H2,(H,18,19). The number of piperazine rings is 1. The fourth-order valence-corrected chi connectivity index (χ4v) is 2.66. The number of anilines is 1. The molecule has 1 saturated heterocycles. The smallest absolute Gasteiger partial charge is 0.337 e. The van der Waals surface area contributed by atoms with Crippen molar-refractivity contribution < 1.29 is 9.90 Å². The van der Waals surface area contributed by atoms with Gasteiger partial charge in [0.2, 0.25) is 0 Å². The van der Waals surface area contributed by atoms with E-state index in [4.69, 9.17) is 0 Å². The maximum absolute atomic E-state index is 11.2. The van der Waals surface area contributed by atoms with Crippen molar-refractivity contribution in [3.8, 4) is 0 Å². The van der Waals surface area contributed by atoms with Crippen LogP contribution in [0.25, 0.3) is 0 Å². The largest absolute Gasteiger partial charge is 0.478 e. The number of nitrogens with zero attached hydrogens (tertiary/aromatic N) is 3. The third-order valence-electron chi connectivity index (χ3n) is 3.96. The van der Waals surface area contributed by atoms with E-state index >= 15 is 0 Å². The van der Waals surface area contributed by atoms with Gasteiger partial charge in [-0.25, -0.2) is 4.79 Å². The second kappa shape index (κ2) is 5.17. The zero-order chi connectivity index (χ0) is 13.2. The van der Waals surface area contributed by atoms with Crippen LogP contribution in [0.3, 0.4) is 0 Å². The first-order valence-corrected chi connectivity index (χ1v) is 6.88. The van der Waals surface area contributed by atoms with Crippen LogP contribution >= 0.6 is 0 Å². The number of aromatic carboxylic acids is 1. The fourth-order valence-electron chi connectivity index (χ4n) is 2.66. The summed E-state index contributed by atoms with van der Waals surface area (Å²) < 4.78 is 0. The fraction of sp³-hybridized carbons (Fsp3) is 0.571. The lowest BCUT2D eigenvalue weighted by molar-refractivity contribution is 0.0697. The SMILES string of the molecule is O=C(O)c1ccncc1N1CCN(CC2CC2)CC1. The van der Waals surface area contributed by atoms with Gasteiger partial charge in [-0.2, -0.15) is 0 Å². The van der Waals surface area contributed by atoms with Gasteiger partial charge in [-0.15, -0.1) is 0 Å². The summed E-state index contributed by atoms with van der Waals surface area (Å²) in [6, 6.07) is 1.58. The molecule has 5 nitrogen and oxygen atoms in total. The first-order valence-electron chi connectivity index (χ1n) is 6.88. The first-order chi connectivity index (χ1) is 9.24. The average Bonchev–Trinajstić information content (AvgIpc) is 3.23. The Morgan fingerprint density at radius 2 is 2.05 bits per heavy atom. The minimum atomic E-state index is -0.877. The Labute approximate surface area is 112 Å². The molecule has 0 amide bonds. The molecule has 0 unspecified atom stereocenters. The molecular weight excluding hydrogens is 242 g/mol. The van der Waals surface area contributed by atoms with Crippen molar-refractivity contribution in [2.75, 3.05) is 37.6 Å². The Balaban J connectivity index is 1.65. The molecule has 102 valence electrons. The molecule has 19 heavy (non-hydrogen) atoms. The van der Waals surface area contributed by atoms with Crippen LogP contribution in [0, 0.1) is 5.92 Å². The summed E-state index contributed by atoms with van der Waals surface area (Å²) in [5.74, 6) is 0.0392. The van der Waals surface area contributed by atoms with Crippen LogP contribution in [0.15, 0.2) is 18.5 Å². The van der Waals surface area contributed by atoms with Crippen LogP contribution in [0.1, 0.15) is 23.2 Å². The summed E-state index contributed by atoms with van der Waals surface area (Å²) in [7, 11) is 0. The van der Waals surface area contributed by atoms with E-state index < -0.39 is 5.97 Å². The third kappa shape index (κ3) is 2.87. The second-order valence-corrected chi connectivity index (χ2v) is 5.43. The van der Waals surface area contributed by atoms with E-state index in [1.165, 1.54) is 25.6 Å². The number of carboxylic acids is 1. The zero-order valence-electron chi connectivity index (χ0n) is 11.0. The maximum atomic E-state index is 11.2. The van der Waals surface area contributed by atoms with Gasteiger partial charge in [0.15, 0.2) is 0 Å². The Morgan fingerprint density at radius 3 is 2.68 bits per heavy atom. The van der Waals surface area contributed by atoms with E-state index in [1.54, 1.807) is 12.3 Å². The maximum Gasteiger partial charge on any atom is 0.337 e. The Kier molecular flexibility index (Phi) is 3.38. The molecule has 2 fully saturated rings. The van der Waals surface area contributed by atoms with Gasteiger partial charge in [0.25, 0.3) is 0 Å². The quantitative estimate of drug-likeness (QED) is 0.885. The topological polar surface area (TPSA) is 56.7 Å². The van der Waals surface area contributed by atoms with E-state index in [1.807, 2.05) is 0 Å². The van der Waals surface area contributed by atoms with E-state index in [0.717, 1.165) is 37.8 Å². The monoisotopic (exact) mass is 261 g/mol. The lowest BCUT2D eigenvalue weighted by atomic mass is 10.2. The minimum Gasteiger partial charge on any atom is -0.478 e. The molecule has 2 aliphatic rings. The first kappa shape index (κ1) is 12.4. The van der Waals surface area contributed by atoms with Crippen molar-refractivity contribution >= 4 is 11.7 Å². The van der Waals surface area contributed by atoms with Crippen LogP contribution in [0.5, 0.6) is 0 Å². The van der Waals surface area contributed by atoms with Crippen LogP contribution in [0.4, 0.5) is 5.69 Å². The zero-order valence-corrected chi connectivity index (χ0v) is 11.0. The molecule has 1 N–H and O–H groups in total. The summed E-state index contributed by atoms with van der Waals surface area (Å²) in [4.78, 5) is 19.9. The molecule has 1 aliphatic heterocycles. The molecule has 3 rings (SSSR count). The van der Waals surface area contributed by atoms with Crippen LogP contribution in [0.2, 0.25) is 0 Å². The molecule has 5 heteroatoms. The normalized spacial score (nSPS) is 20.5. The molecule has 0 bridgehead atoms. The second-order valence-electron chi connectivity index (χ2n) is 5.43. The molecule has 0 spiro atoms. The molecule has 0 atom stereocenters. The van der Waals surface area contributed by atoms with Gasteiger partial charge in [0, 0.05) is 38.9 Å². The van der Waals surface area contributed by atoms with E-state index in [-0.39, 0.29) is 0 Å². The van der Waals surface area contributed by atoms with Crippen molar-refractivity contribution in [1.82, 2.24) is 9.88 Å². The van der Waals surface area contributed by atoms with Gasteiger partial charge in [-0.3, -0.25) is 9.88 Å². The highest BCUT2D eigenvalue weighted by atomic mass is 16.4. The molecule has 2 heterocycles. The highest BCUT2D eigenvalue weighted by molar-refractivity contribution is 5.94. The number of hydrogen-bond acceptors (Lipinski definition) is 4. The van der Waals surface area contributed by atoms with E-state index in [0.29, 0.717) is 5.56 Å². The van der Waals surface area contributed by atoms with Gasteiger partial charge in [-0.1, -0.05) is 0 Å². The van der Waals surface area contributed by atoms with E-state index in [9.17, 15) is 9.90 Å². The highest BCUT2D eigenvalue weighted by Crippen LogP contribution is 2.30. The molecule has 1 aromatic heterocycles. The molecular formula is C14H19N3O2. The van der Waals surface area contributed by atoms with Gasteiger partial charge in [0.05, 0.1) is 17.4 Å². The lowest BCUT2D eigenvalue weighted by Gasteiger charge is -2.36. The van der Waals surface area contributed by atoms with Crippen molar-refractivity contribution in [1.29, 1.82) is 0 Å². The van der Waals surface area contributed by atoms with Crippen molar-refractivity contribution in [2.45, 2.75) is 12.8 Å². The predicted octanol–water partition coefficient (Wildman–Crippen LogP) is 1.31. The Bertz CT molecular complexity index is 466. The number of aromatic nitrogens is 1. The summed E-state index contributed by atoms with van der Waals surface area (Å²) in [6.07, 6.45) is 5.97. The highest BCUT2D eigenvalue weighted by Gasteiger charge is 2.27. The molecule has 0 aromatic carbocycles. The van der Waals surface area contributed by atoms with Crippen molar-refractivity contribution in [2.24, 2.45) is 5.92 Å². The minimum absolute atomic E-state index is 0.352.